The van der Waals surface area contributed by atoms with Gasteiger partial charge in [-0.3, -0.25) is 4.79 Å². The zero-order valence-corrected chi connectivity index (χ0v) is 18.0. The second kappa shape index (κ2) is 9.18. The quantitative estimate of drug-likeness (QED) is 0.656. The van der Waals surface area contributed by atoms with Crippen molar-refractivity contribution in [2.45, 2.75) is 26.1 Å². The maximum atomic E-state index is 12.8. The van der Waals surface area contributed by atoms with Gasteiger partial charge in [-0.05, 0) is 61.4 Å². The molecule has 1 fully saturated rings. The van der Waals surface area contributed by atoms with E-state index in [1.807, 2.05) is 54.6 Å². The van der Waals surface area contributed by atoms with Gasteiger partial charge in [-0.25, -0.2) is 4.98 Å². The summed E-state index contributed by atoms with van der Waals surface area (Å²) in [5.74, 6) is 1.52. The predicted molar refractivity (Wildman–Crippen MR) is 123 cm³/mol. The van der Waals surface area contributed by atoms with Crippen molar-refractivity contribution in [1.82, 2.24) is 4.98 Å². The molecule has 0 radical (unpaired) electrons. The number of rotatable bonds is 5. The number of carbonyl (C=O) groups is 1. The van der Waals surface area contributed by atoms with Gasteiger partial charge >= 0.3 is 0 Å². The van der Waals surface area contributed by atoms with Crippen molar-refractivity contribution in [2.75, 3.05) is 30.4 Å². The Labute approximate surface area is 182 Å². The Bertz CT molecular complexity index is 1020. The van der Waals surface area contributed by atoms with Gasteiger partial charge < -0.3 is 19.7 Å². The lowest BCUT2D eigenvalue weighted by atomic mass is 10.0. The number of morpholine rings is 1. The first-order valence-corrected chi connectivity index (χ1v) is 10.4. The van der Waals surface area contributed by atoms with E-state index in [0.717, 1.165) is 35.8 Å². The van der Waals surface area contributed by atoms with Crippen LogP contribution in [0.25, 0.3) is 11.1 Å². The molecule has 2 aromatic carbocycles. The normalized spacial score (nSPS) is 18.5. The minimum atomic E-state index is -0.168. The van der Waals surface area contributed by atoms with E-state index in [-0.39, 0.29) is 18.1 Å². The van der Waals surface area contributed by atoms with Gasteiger partial charge in [0.2, 0.25) is 0 Å². The van der Waals surface area contributed by atoms with Gasteiger partial charge in [0.15, 0.2) is 0 Å². The van der Waals surface area contributed by atoms with E-state index in [4.69, 9.17) is 9.47 Å². The monoisotopic (exact) mass is 417 g/mol. The molecule has 160 valence electrons. The van der Waals surface area contributed by atoms with Crippen LogP contribution < -0.4 is 15.0 Å². The van der Waals surface area contributed by atoms with Gasteiger partial charge in [0, 0.05) is 18.7 Å². The molecule has 1 saturated heterocycles. The second-order valence-electron chi connectivity index (χ2n) is 7.83. The van der Waals surface area contributed by atoms with E-state index < -0.39 is 0 Å². The number of methoxy groups -OCH3 is 1. The van der Waals surface area contributed by atoms with Crippen molar-refractivity contribution in [3.05, 3.63) is 72.4 Å². The Morgan fingerprint density at radius 1 is 1.03 bits per heavy atom. The van der Waals surface area contributed by atoms with Gasteiger partial charge in [-0.2, -0.15) is 0 Å². The molecule has 0 aliphatic carbocycles. The largest absolute Gasteiger partial charge is 0.497 e. The van der Waals surface area contributed by atoms with Crippen LogP contribution in [0.1, 0.15) is 24.2 Å². The van der Waals surface area contributed by atoms with Gasteiger partial charge in [-0.15, -0.1) is 0 Å². The number of amides is 1. The third-order valence-corrected chi connectivity index (χ3v) is 5.30. The van der Waals surface area contributed by atoms with Crippen LogP contribution in [0.5, 0.6) is 5.75 Å². The van der Waals surface area contributed by atoms with Gasteiger partial charge in [0.25, 0.3) is 5.91 Å². The minimum absolute atomic E-state index is 0.168. The van der Waals surface area contributed by atoms with Gasteiger partial charge in [0.1, 0.15) is 11.6 Å². The Morgan fingerprint density at radius 3 is 2.42 bits per heavy atom. The Kier molecular flexibility index (Phi) is 6.18. The number of hydrogen-bond acceptors (Lipinski definition) is 5. The average Bonchev–Trinajstić information content (AvgIpc) is 2.79. The van der Waals surface area contributed by atoms with Crippen LogP contribution in [-0.2, 0) is 4.74 Å². The van der Waals surface area contributed by atoms with Crippen LogP contribution in [0.3, 0.4) is 0 Å². The molecule has 1 N–H and O–H groups in total. The molecular weight excluding hydrogens is 390 g/mol. The Balaban J connectivity index is 1.44. The molecule has 0 spiro atoms. The number of anilines is 2. The highest BCUT2D eigenvalue weighted by atomic mass is 16.5. The first-order chi connectivity index (χ1) is 15.0. The molecule has 3 aromatic rings. The zero-order valence-electron chi connectivity index (χ0n) is 18.0. The topological polar surface area (TPSA) is 63.7 Å². The molecule has 1 aromatic heterocycles. The summed E-state index contributed by atoms with van der Waals surface area (Å²) in [6, 6.07) is 19.2. The first-order valence-electron chi connectivity index (χ1n) is 10.4. The van der Waals surface area contributed by atoms with Crippen molar-refractivity contribution in [2.24, 2.45) is 0 Å². The molecule has 2 heterocycles. The lowest BCUT2D eigenvalue weighted by molar-refractivity contribution is -0.00545. The number of nitrogens with one attached hydrogen (secondary N) is 1. The third-order valence-electron chi connectivity index (χ3n) is 5.30. The maximum absolute atomic E-state index is 12.8. The summed E-state index contributed by atoms with van der Waals surface area (Å²) in [7, 11) is 1.64. The Hall–Kier alpha value is -3.38. The van der Waals surface area contributed by atoms with Crippen LogP contribution in [0, 0.1) is 0 Å². The number of nitrogens with zero attached hydrogens (tertiary/aromatic N) is 2. The molecule has 1 aliphatic rings. The fourth-order valence-electron chi connectivity index (χ4n) is 3.84. The number of carbonyl (C=O) groups excluding carboxylic acids is 1. The van der Waals surface area contributed by atoms with Crippen molar-refractivity contribution in [3.8, 4) is 16.9 Å². The molecule has 4 rings (SSSR count). The molecule has 6 nitrogen and oxygen atoms in total. The summed E-state index contributed by atoms with van der Waals surface area (Å²) >= 11 is 0. The van der Waals surface area contributed by atoms with Crippen LogP contribution in [0.2, 0.25) is 0 Å². The summed E-state index contributed by atoms with van der Waals surface area (Å²) in [6.45, 7) is 5.75. The summed E-state index contributed by atoms with van der Waals surface area (Å²) in [5, 5.41) is 2.94. The van der Waals surface area contributed by atoms with E-state index >= 15 is 0 Å². The minimum Gasteiger partial charge on any atom is -0.497 e. The van der Waals surface area contributed by atoms with Gasteiger partial charge in [-0.1, -0.05) is 24.3 Å². The highest BCUT2D eigenvalue weighted by molar-refractivity contribution is 6.04. The molecule has 0 bridgehead atoms. The van der Waals surface area contributed by atoms with Gasteiger partial charge in [0.05, 0.1) is 31.2 Å². The molecule has 1 amide bonds. The number of pyridine rings is 1. The fraction of sp³-hybridized carbons (Fsp3) is 0.280. The van der Waals surface area contributed by atoms with E-state index in [9.17, 15) is 4.79 Å². The molecule has 1 aliphatic heterocycles. The molecule has 0 unspecified atom stereocenters. The predicted octanol–water partition coefficient (Wildman–Crippen LogP) is 4.62. The van der Waals surface area contributed by atoms with Crippen LogP contribution in [0.15, 0.2) is 66.9 Å². The van der Waals surface area contributed by atoms with E-state index in [1.165, 1.54) is 0 Å². The smallest absolute Gasteiger partial charge is 0.255 e. The van der Waals surface area contributed by atoms with Crippen molar-refractivity contribution >= 4 is 17.4 Å². The summed E-state index contributed by atoms with van der Waals surface area (Å²) < 4.78 is 11.0. The molecule has 6 heteroatoms. The lowest BCUT2D eigenvalue weighted by Crippen LogP contribution is -2.45. The lowest BCUT2D eigenvalue weighted by Gasteiger charge is -2.36. The molecular formula is C25H27N3O3. The van der Waals surface area contributed by atoms with Crippen molar-refractivity contribution in [1.29, 1.82) is 0 Å². The average molecular weight is 418 g/mol. The third kappa shape index (κ3) is 5.03. The molecule has 0 saturated carbocycles. The van der Waals surface area contributed by atoms with E-state index in [2.05, 4.69) is 29.0 Å². The first kappa shape index (κ1) is 20.9. The summed E-state index contributed by atoms with van der Waals surface area (Å²) in [4.78, 5) is 19.5. The number of aromatic nitrogens is 1. The highest BCUT2D eigenvalue weighted by Crippen LogP contribution is 2.24. The number of benzene rings is 2. The standard InChI is InChI=1S/C25H27N3O3/c1-17-15-28(16-18(2)31-17)24-12-9-22(14-26-24)27-25(29)21-6-4-5-20(13-21)19-7-10-23(30-3)11-8-19/h4-14,17-18H,15-16H2,1-3H3,(H,27,29)/t17-,18+. The summed E-state index contributed by atoms with van der Waals surface area (Å²) in [5.41, 5.74) is 3.25. The summed E-state index contributed by atoms with van der Waals surface area (Å²) in [6.07, 6.45) is 2.04. The van der Waals surface area contributed by atoms with Crippen LogP contribution >= 0.6 is 0 Å². The fourth-order valence-corrected chi connectivity index (χ4v) is 3.84. The van der Waals surface area contributed by atoms with Crippen LogP contribution in [-0.4, -0.2) is 43.3 Å². The zero-order chi connectivity index (χ0) is 21.8. The SMILES string of the molecule is COc1ccc(-c2cccc(C(=O)Nc3ccc(N4C[C@@H](C)O[C@@H](C)C4)nc3)c2)cc1. The van der Waals surface area contributed by atoms with Crippen molar-refractivity contribution < 1.29 is 14.3 Å². The van der Waals surface area contributed by atoms with Crippen molar-refractivity contribution in [3.63, 3.8) is 0 Å². The second-order valence-corrected chi connectivity index (χ2v) is 7.83. The number of ether oxygens (including phenoxy) is 2. The molecule has 31 heavy (non-hydrogen) atoms. The number of hydrogen-bond donors (Lipinski definition) is 1. The Morgan fingerprint density at radius 2 is 1.77 bits per heavy atom. The van der Waals surface area contributed by atoms with Crippen LogP contribution in [0.4, 0.5) is 11.5 Å². The molecule has 2 atom stereocenters. The van der Waals surface area contributed by atoms with E-state index in [1.54, 1.807) is 19.4 Å². The maximum Gasteiger partial charge on any atom is 0.255 e. The highest BCUT2D eigenvalue weighted by Gasteiger charge is 2.23. The van der Waals surface area contributed by atoms with E-state index in [0.29, 0.717) is 11.3 Å².